The fraction of sp³-hybridized carbons (Fsp3) is 0.613. The Labute approximate surface area is 243 Å². The Morgan fingerprint density at radius 2 is 1.64 bits per heavy atom. The zero-order valence-corrected chi connectivity index (χ0v) is 24.6. The lowest BCUT2D eigenvalue weighted by atomic mass is 9.44. The highest BCUT2D eigenvalue weighted by molar-refractivity contribution is 5.95. The fourth-order valence-corrected chi connectivity index (χ4v) is 7.91. The summed E-state index contributed by atoms with van der Waals surface area (Å²) in [5.41, 5.74) is -6.38. The number of carbonyl (C=O) groups is 4. The molecule has 0 unspecified atom stereocenters. The molecule has 1 saturated heterocycles. The van der Waals surface area contributed by atoms with Crippen molar-refractivity contribution < 1.29 is 53.4 Å². The lowest BCUT2D eigenvalue weighted by molar-refractivity contribution is -0.345. The van der Waals surface area contributed by atoms with Crippen molar-refractivity contribution in [1.29, 1.82) is 0 Å². The van der Waals surface area contributed by atoms with Crippen LogP contribution in [-0.4, -0.2) is 87.3 Å². The van der Waals surface area contributed by atoms with Crippen LogP contribution < -0.4 is 0 Å². The summed E-state index contributed by atoms with van der Waals surface area (Å²) in [7, 11) is 0. The number of benzene rings is 1. The Hall–Kier alpha value is -3.12. The van der Waals surface area contributed by atoms with Crippen LogP contribution in [0.4, 0.5) is 0 Å². The predicted octanol–water partition coefficient (Wildman–Crippen LogP) is 1.65. The van der Waals surface area contributed by atoms with Crippen molar-refractivity contribution in [2.45, 2.75) is 96.1 Å². The highest BCUT2D eigenvalue weighted by Gasteiger charge is 2.78. The summed E-state index contributed by atoms with van der Waals surface area (Å²) in [6.45, 7) is 8.42. The molecule has 3 fully saturated rings. The molecule has 1 aliphatic heterocycles. The quantitative estimate of drug-likeness (QED) is 0.267. The van der Waals surface area contributed by atoms with E-state index in [9.17, 15) is 34.5 Å². The maximum Gasteiger partial charge on any atom is 0.338 e. The predicted molar refractivity (Wildman–Crippen MR) is 145 cm³/mol. The van der Waals surface area contributed by atoms with Crippen LogP contribution in [0.1, 0.15) is 64.7 Å². The highest BCUT2D eigenvalue weighted by atomic mass is 16.6. The van der Waals surface area contributed by atoms with Crippen LogP contribution >= 0.6 is 0 Å². The maximum atomic E-state index is 14.8. The first-order valence-corrected chi connectivity index (χ1v) is 14.1. The first kappa shape index (κ1) is 30.3. The second kappa shape index (κ2) is 9.97. The number of ether oxygens (including phenoxy) is 4. The summed E-state index contributed by atoms with van der Waals surface area (Å²) in [6, 6.07) is 8.05. The summed E-state index contributed by atoms with van der Waals surface area (Å²) < 4.78 is 23.5. The Kier molecular flexibility index (Phi) is 7.20. The van der Waals surface area contributed by atoms with E-state index in [0.717, 1.165) is 6.92 Å². The molecule has 42 heavy (non-hydrogen) atoms. The van der Waals surface area contributed by atoms with Gasteiger partial charge in [0.2, 0.25) is 0 Å². The van der Waals surface area contributed by atoms with Gasteiger partial charge in [-0.15, -0.1) is 0 Å². The molecule has 2 bridgehead atoms. The molecule has 0 amide bonds. The molecule has 0 aromatic heterocycles. The van der Waals surface area contributed by atoms with Crippen molar-refractivity contribution in [2.24, 2.45) is 16.7 Å². The van der Waals surface area contributed by atoms with E-state index >= 15 is 0 Å². The molecular weight excluding hydrogens is 548 g/mol. The van der Waals surface area contributed by atoms with Gasteiger partial charge in [0.25, 0.3) is 0 Å². The molecule has 1 aromatic carbocycles. The van der Waals surface area contributed by atoms with E-state index < -0.39 is 82.2 Å². The smallest absolute Gasteiger partial charge is 0.338 e. The largest absolute Gasteiger partial charge is 0.455 e. The standard InChI is InChI=1S/C31H38O11/c1-15-19(34)13-31(38)26(41-27(37)18-10-8-7-9-11-18)24-29(6,20(35)12-21-30(24,14-39-21)42-17(3)33)25(36)23(40-16(2)32)22(15)28(31,4)5/h7-11,19-21,23-24,26,34-35,38H,12-14H2,1-6H3/t19-,20-,21+,23+,24+,26-,29+,30-,31+/m0/s1. The van der Waals surface area contributed by atoms with Gasteiger partial charge in [-0.1, -0.05) is 32.0 Å². The van der Waals surface area contributed by atoms with Crippen molar-refractivity contribution in [3.8, 4) is 0 Å². The molecule has 9 atom stereocenters. The average Bonchev–Trinajstić information content (AvgIpc) is 2.90. The molecular formula is C31H38O11. The molecule has 228 valence electrons. The average molecular weight is 587 g/mol. The normalized spacial score (nSPS) is 40.4. The summed E-state index contributed by atoms with van der Waals surface area (Å²) in [6.07, 6.45) is -7.27. The Morgan fingerprint density at radius 3 is 2.19 bits per heavy atom. The molecule has 1 heterocycles. The van der Waals surface area contributed by atoms with Crippen LogP contribution in [0.25, 0.3) is 0 Å². The van der Waals surface area contributed by atoms with Gasteiger partial charge in [0.05, 0.1) is 35.7 Å². The zero-order chi connectivity index (χ0) is 31.0. The molecule has 11 heteroatoms. The molecule has 5 rings (SSSR count). The van der Waals surface area contributed by atoms with Gasteiger partial charge in [0.1, 0.15) is 17.8 Å². The first-order valence-electron chi connectivity index (χ1n) is 14.1. The summed E-state index contributed by atoms with van der Waals surface area (Å²) >= 11 is 0. The fourth-order valence-electron chi connectivity index (χ4n) is 7.91. The Morgan fingerprint density at radius 1 is 1.00 bits per heavy atom. The Balaban J connectivity index is 1.84. The number of carbonyl (C=O) groups excluding carboxylic acids is 4. The van der Waals surface area contributed by atoms with E-state index in [2.05, 4.69) is 0 Å². The SMILES string of the molecule is CC(=O)O[C@H]1C(=O)[C@]2(C)[C@@H](O)C[C@H]3OC[C@@]3(OC(C)=O)[C@@H]2[C@H](OC(=O)c2ccccc2)[C@]2(O)C[C@H](O)C(C)=C1C2(C)C. The van der Waals surface area contributed by atoms with Gasteiger partial charge in [0, 0.05) is 32.1 Å². The van der Waals surface area contributed by atoms with E-state index in [4.69, 9.17) is 18.9 Å². The van der Waals surface area contributed by atoms with Crippen LogP contribution in [0.2, 0.25) is 0 Å². The number of hydrogen-bond acceptors (Lipinski definition) is 11. The lowest BCUT2D eigenvalue weighted by Gasteiger charge is -2.67. The van der Waals surface area contributed by atoms with Crippen molar-refractivity contribution >= 4 is 23.7 Å². The van der Waals surface area contributed by atoms with E-state index in [1.165, 1.54) is 26.0 Å². The van der Waals surface area contributed by atoms with Crippen molar-refractivity contribution in [1.82, 2.24) is 0 Å². The van der Waals surface area contributed by atoms with Crippen molar-refractivity contribution in [2.75, 3.05) is 6.61 Å². The molecule has 11 nitrogen and oxygen atoms in total. The van der Waals surface area contributed by atoms with Gasteiger partial charge in [0.15, 0.2) is 17.5 Å². The van der Waals surface area contributed by atoms with E-state index in [1.54, 1.807) is 39.0 Å². The van der Waals surface area contributed by atoms with Crippen molar-refractivity contribution in [3.63, 3.8) is 0 Å². The number of rotatable bonds is 4. The summed E-state index contributed by atoms with van der Waals surface area (Å²) in [4.78, 5) is 53.4. The monoisotopic (exact) mass is 586 g/mol. The van der Waals surface area contributed by atoms with E-state index in [0.29, 0.717) is 5.57 Å². The van der Waals surface area contributed by atoms with Crippen LogP contribution in [0.3, 0.4) is 0 Å². The molecule has 2 saturated carbocycles. The Bertz CT molecular complexity index is 1350. The third-order valence-electron chi connectivity index (χ3n) is 10.2. The number of ketones is 1. The molecule has 0 spiro atoms. The molecule has 3 N–H and O–H groups in total. The summed E-state index contributed by atoms with van der Waals surface area (Å²) in [5, 5.41) is 35.8. The molecule has 4 aliphatic rings. The lowest BCUT2D eigenvalue weighted by Crippen LogP contribution is -2.81. The van der Waals surface area contributed by atoms with Gasteiger partial charge >= 0.3 is 17.9 Å². The number of aliphatic hydroxyl groups is 3. The topological polar surface area (TPSA) is 166 Å². The van der Waals surface area contributed by atoms with Gasteiger partial charge in [-0.2, -0.15) is 0 Å². The maximum absolute atomic E-state index is 14.8. The second-order valence-electron chi connectivity index (χ2n) is 12.8. The summed E-state index contributed by atoms with van der Waals surface area (Å²) in [5.74, 6) is -4.41. The van der Waals surface area contributed by atoms with Gasteiger partial charge in [-0.25, -0.2) is 4.79 Å². The van der Waals surface area contributed by atoms with Crippen LogP contribution in [0.5, 0.6) is 0 Å². The number of Topliss-reactive ketones (excluding diaryl/α,β-unsaturated/α-hetero) is 1. The van der Waals surface area contributed by atoms with Crippen molar-refractivity contribution in [3.05, 3.63) is 47.0 Å². The number of hydrogen-bond donors (Lipinski definition) is 3. The number of esters is 3. The first-order chi connectivity index (χ1) is 19.5. The van der Waals surface area contributed by atoms with E-state index in [1.807, 2.05) is 0 Å². The van der Waals surface area contributed by atoms with Gasteiger partial charge in [-0.05, 0) is 37.1 Å². The highest BCUT2D eigenvalue weighted by Crippen LogP contribution is 2.64. The van der Waals surface area contributed by atoms with Crippen LogP contribution in [0.15, 0.2) is 41.5 Å². The van der Waals surface area contributed by atoms with Crippen LogP contribution in [-0.2, 0) is 33.3 Å². The van der Waals surface area contributed by atoms with Crippen LogP contribution in [0, 0.1) is 16.7 Å². The second-order valence-corrected chi connectivity index (χ2v) is 12.8. The van der Waals surface area contributed by atoms with E-state index in [-0.39, 0.29) is 30.6 Å². The third kappa shape index (κ3) is 4.08. The minimum absolute atomic E-state index is 0.110. The van der Waals surface area contributed by atoms with Gasteiger partial charge < -0.3 is 34.3 Å². The molecule has 1 aromatic rings. The molecule has 0 radical (unpaired) electrons. The van der Waals surface area contributed by atoms with Gasteiger partial charge in [-0.3, -0.25) is 14.4 Å². The number of fused-ring (bicyclic) bond motifs is 5. The molecule has 3 aliphatic carbocycles. The third-order valence-corrected chi connectivity index (χ3v) is 10.2. The minimum Gasteiger partial charge on any atom is -0.455 e. The zero-order valence-electron chi connectivity index (χ0n) is 24.6. The number of aliphatic hydroxyl groups excluding tert-OH is 2. The minimum atomic E-state index is -2.11.